The quantitative estimate of drug-likeness (QED) is 0.328. The van der Waals surface area contributed by atoms with Gasteiger partial charge in [0.2, 0.25) is 0 Å². The van der Waals surface area contributed by atoms with Crippen molar-refractivity contribution in [2.24, 2.45) is 0 Å². The van der Waals surface area contributed by atoms with Crippen LogP contribution in [0.1, 0.15) is 61.5 Å². The summed E-state index contributed by atoms with van der Waals surface area (Å²) in [5.74, 6) is 0.668. The molecule has 0 spiro atoms. The van der Waals surface area contributed by atoms with Crippen LogP contribution in [0.4, 0.5) is 0 Å². The normalized spacial score (nSPS) is 11.9. The number of ketones is 1. The van der Waals surface area contributed by atoms with Gasteiger partial charge in [-0.15, -0.1) is 0 Å². The second-order valence-corrected chi connectivity index (χ2v) is 8.88. The summed E-state index contributed by atoms with van der Waals surface area (Å²) in [4.78, 5) is 28.4. The van der Waals surface area contributed by atoms with Crippen molar-refractivity contribution in [2.75, 3.05) is 39.3 Å². The summed E-state index contributed by atoms with van der Waals surface area (Å²) >= 11 is 0. The highest BCUT2D eigenvalue weighted by Crippen LogP contribution is 2.15. The van der Waals surface area contributed by atoms with Crippen molar-refractivity contribution in [3.8, 4) is 5.75 Å². The average Bonchev–Trinajstić information content (AvgIpc) is 2.87. The van der Waals surface area contributed by atoms with Crippen molar-refractivity contribution in [3.05, 3.63) is 65.2 Å². The summed E-state index contributed by atoms with van der Waals surface area (Å²) in [5.41, 5.74) is 2.49. The summed E-state index contributed by atoms with van der Waals surface area (Å²) in [7, 11) is 0. The number of rotatable bonds is 17. The van der Waals surface area contributed by atoms with Gasteiger partial charge >= 0.3 is 0 Å². The molecule has 0 aliphatic carbocycles. The van der Waals surface area contributed by atoms with Crippen molar-refractivity contribution < 1.29 is 14.3 Å². The van der Waals surface area contributed by atoms with Gasteiger partial charge in [0.25, 0.3) is 5.91 Å². The molecule has 2 rings (SSSR count). The number of amides is 1. The second-order valence-electron chi connectivity index (χ2n) is 8.88. The zero-order valence-corrected chi connectivity index (χ0v) is 21.9. The largest absolute Gasteiger partial charge is 0.492 e. The van der Waals surface area contributed by atoms with Crippen molar-refractivity contribution in [1.29, 1.82) is 0 Å². The van der Waals surface area contributed by atoms with E-state index < -0.39 is 6.04 Å². The first-order valence-electron chi connectivity index (χ1n) is 13.0. The Kier molecular flexibility index (Phi) is 13.1. The molecular formula is C29H43N3O3. The van der Waals surface area contributed by atoms with Crippen LogP contribution in [-0.2, 0) is 11.2 Å². The molecule has 0 heterocycles. The molecule has 0 aromatic heterocycles. The molecule has 6 heteroatoms. The topological polar surface area (TPSA) is 70.7 Å². The molecule has 0 aliphatic heterocycles. The minimum Gasteiger partial charge on any atom is -0.492 e. The third kappa shape index (κ3) is 10.2. The zero-order chi connectivity index (χ0) is 25.5. The lowest BCUT2D eigenvalue weighted by atomic mass is 9.98. The van der Waals surface area contributed by atoms with Crippen molar-refractivity contribution in [3.63, 3.8) is 0 Å². The molecule has 1 amide bonds. The Hall–Kier alpha value is -2.70. The van der Waals surface area contributed by atoms with Gasteiger partial charge < -0.3 is 20.3 Å². The molecule has 0 saturated carbocycles. The van der Waals surface area contributed by atoms with Crippen LogP contribution in [0.25, 0.3) is 0 Å². The van der Waals surface area contributed by atoms with E-state index in [4.69, 9.17) is 4.74 Å². The molecule has 6 nitrogen and oxygen atoms in total. The molecule has 0 aliphatic rings. The van der Waals surface area contributed by atoms with Crippen LogP contribution in [0, 0.1) is 6.92 Å². The number of nitrogens with zero attached hydrogens (tertiary/aromatic N) is 1. The maximum atomic E-state index is 13.1. The maximum absolute atomic E-state index is 13.1. The molecule has 2 N–H and O–H groups in total. The summed E-state index contributed by atoms with van der Waals surface area (Å²) in [6.07, 6.45) is 2.72. The van der Waals surface area contributed by atoms with Gasteiger partial charge in [0.05, 0.1) is 6.04 Å². The van der Waals surface area contributed by atoms with Gasteiger partial charge in [0, 0.05) is 18.5 Å². The fourth-order valence-corrected chi connectivity index (χ4v) is 3.96. The highest BCUT2D eigenvalue weighted by molar-refractivity contribution is 5.99. The minimum atomic E-state index is -0.567. The number of likely N-dealkylation sites (N-methyl/N-ethyl adjacent to an activating group) is 1. The lowest BCUT2D eigenvalue weighted by molar-refractivity contribution is -0.121. The van der Waals surface area contributed by atoms with Gasteiger partial charge in [-0.3, -0.25) is 9.59 Å². The first-order valence-corrected chi connectivity index (χ1v) is 13.0. The Balaban J connectivity index is 2.01. The summed E-state index contributed by atoms with van der Waals surface area (Å²) in [6.45, 7) is 13.6. The molecule has 0 bridgehead atoms. The van der Waals surface area contributed by atoms with E-state index in [2.05, 4.69) is 36.3 Å². The number of hydrogen-bond acceptors (Lipinski definition) is 5. The highest BCUT2D eigenvalue weighted by Gasteiger charge is 2.22. The number of Topliss-reactive ketones (excluding diaryl/α,β-unsaturated/α-hetero) is 1. The summed E-state index contributed by atoms with van der Waals surface area (Å²) in [6, 6.07) is 14.7. The summed E-state index contributed by atoms with van der Waals surface area (Å²) in [5, 5.41) is 6.34. The fourth-order valence-electron chi connectivity index (χ4n) is 3.96. The van der Waals surface area contributed by atoms with Gasteiger partial charge in [0.1, 0.15) is 12.4 Å². The number of benzene rings is 2. The fraction of sp³-hybridized carbons (Fsp3) is 0.517. The molecular weight excluding hydrogens is 438 g/mol. The molecule has 192 valence electrons. The standard InChI is InChI=1S/C29H43N3O3/c1-5-18-30-19-10-13-28(33)27(31-29(34)26-12-9-8-11-23(26)4)22-24-14-16-25(17-15-24)35-21-20-32(6-2)7-3/h8-9,11-12,14-17,27,30H,5-7,10,13,18-22H2,1-4H3,(H,31,34). The lowest BCUT2D eigenvalue weighted by Gasteiger charge is -2.19. The van der Waals surface area contributed by atoms with E-state index in [1.807, 2.05) is 49.4 Å². The van der Waals surface area contributed by atoms with Gasteiger partial charge in [-0.1, -0.05) is 51.1 Å². The Morgan fingerprint density at radius 3 is 2.34 bits per heavy atom. The predicted molar refractivity (Wildman–Crippen MR) is 143 cm³/mol. The first-order chi connectivity index (χ1) is 17.0. The SMILES string of the molecule is CCCNCCCC(=O)C(Cc1ccc(OCCN(CC)CC)cc1)NC(=O)c1ccccc1C. The van der Waals surface area contributed by atoms with Crippen molar-refractivity contribution in [2.45, 2.75) is 59.4 Å². The molecule has 35 heavy (non-hydrogen) atoms. The van der Waals surface area contributed by atoms with Gasteiger partial charge in [-0.2, -0.15) is 0 Å². The molecule has 2 aromatic carbocycles. The van der Waals surface area contributed by atoms with Crippen molar-refractivity contribution >= 4 is 11.7 Å². The average molecular weight is 482 g/mol. The molecule has 1 atom stereocenters. The van der Waals surface area contributed by atoms with Gasteiger partial charge in [0.15, 0.2) is 5.78 Å². The van der Waals surface area contributed by atoms with Crippen LogP contribution in [0.3, 0.4) is 0 Å². The van der Waals surface area contributed by atoms with Gasteiger partial charge in [-0.05, 0) is 81.7 Å². The van der Waals surface area contributed by atoms with Crippen LogP contribution in [0.2, 0.25) is 0 Å². The number of carbonyl (C=O) groups excluding carboxylic acids is 2. The molecule has 0 fully saturated rings. The first kappa shape index (κ1) is 28.5. The Morgan fingerprint density at radius 2 is 1.69 bits per heavy atom. The Bertz CT molecular complexity index is 894. The van der Waals surface area contributed by atoms with E-state index >= 15 is 0 Å². The maximum Gasteiger partial charge on any atom is 0.252 e. The molecule has 2 aromatic rings. The minimum absolute atomic E-state index is 0.0600. The Morgan fingerprint density at radius 1 is 0.971 bits per heavy atom. The van der Waals surface area contributed by atoms with Crippen molar-refractivity contribution in [1.82, 2.24) is 15.5 Å². The number of ether oxygens (including phenoxy) is 1. The molecule has 0 saturated heterocycles. The predicted octanol–water partition coefficient (Wildman–Crippen LogP) is 4.41. The Labute approximate surface area is 211 Å². The van der Waals surface area contributed by atoms with Crippen LogP contribution in [-0.4, -0.2) is 62.0 Å². The third-order valence-electron chi connectivity index (χ3n) is 6.22. The second kappa shape index (κ2) is 16.1. The highest BCUT2D eigenvalue weighted by atomic mass is 16.5. The van der Waals surface area contributed by atoms with E-state index in [0.29, 0.717) is 25.0 Å². The van der Waals surface area contributed by atoms with Crippen LogP contribution in [0.5, 0.6) is 5.75 Å². The number of hydrogen-bond donors (Lipinski definition) is 2. The monoisotopic (exact) mass is 481 g/mol. The lowest BCUT2D eigenvalue weighted by Crippen LogP contribution is -2.42. The summed E-state index contributed by atoms with van der Waals surface area (Å²) < 4.78 is 5.88. The van der Waals surface area contributed by atoms with E-state index in [0.717, 1.165) is 62.4 Å². The van der Waals surface area contributed by atoms with E-state index in [1.54, 1.807) is 6.07 Å². The molecule has 0 radical (unpaired) electrons. The van der Waals surface area contributed by atoms with Crippen LogP contribution < -0.4 is 15.4 Å². The van der Waals surface area contributed by atoms with Crippen LogP contribution in [0.15, 0.2) is 48.5 Å². The van der Waals surface area contributed by atoms with Gasteiger partial charge in [-0.25, -0.2) is 0 Å². The smallest absolute Gasteiger partial charge is 0.252 e. The van der Waals surface area contributed by atoms with E-state index in [-0.39, 0.29) is 11.7 Å². The number of carbonyl (C=O) groups is 2. The van der Waals surface area contributed by atoms with Crippen LogP contribution >= 0.6 is 0 Å². The van der Waals surface area contributed by atoms with E-state index in [1.165, 1.54) is 0 Å². The third-order valence-corrected chi connectivity index (χ3v) is 6.22. The van der Waals surface area contributed by atoms with E-state index in [9.17, 15) is 9.59 Å². The molecule has 1 unspecified atom stereocenters. The number of aryl methyl sites for hydroxylation is 1. The zero-order valence-electron chi connectivity index (χ0n) is 21.9. The number of nitrogens with one attached hydrogen (secondary N) is 2.